The van der Waals surface area contributed by atoms with Crippen molar-refractivity contribution in [2.75, 3.05) is 11.9 Å². The fourth-order valence-corrected chi connectivity index (χ4v) is 1.73. The van der Waals surface area contributed by atoms with Crippen LogP contribution in [-0.4, -0.2) is 22.7 Å². The lowest BCUT2D eigenvalue weighted by atomic mass is 10.0. The van der Waals surface area contributed by atoms with Gasteiger partial charge in [0.05, 0.1) is 0 Å². The maximum Gasteiger partial charge on any atom is 0.127 e. The quantitative estimate of drug-likeness (QED) is 0.811. The van der Waals surface area contributed by atoms with Crippen LogP contribution in [0.25, 0.3) is 0 Å². The van der Waals surface area contributed by atoms with Crippen LogP contribution >= 0.6 is 15.9 Å². The molecule has 84 valence electrons. The van der Waals surface area contributed by atoms with E-state index in [1.165, 1.54) is 0 Å². The van der Waals surface area contributed by atoms with Crippen molar-refractivity contribution in [2.24, 2.45) is 5.92 Å². The van der Waals surface area contributed by atoms with Crippen LogP contribution in [0.15, 0.2) is 22.8 Å². The van der Waals surface area contributed by atoms with Gasteiger partial charge in [0.25, 0.3) is 0 Å². The molecule has 0 fully saturated rings. The van der Waals surface area contributed by atoms with Crippen LogP contribution in [0.4, 0.5) is 5.82 Å². The number of pyridine rings is 1. The van der Waals surface area contributed by atoms with Crippen molar-refractivity contribution < 1.29 is 5.11 Å². The highest BCUT2D eigenvalue weighted by Crippen LogP contribution is 2.15. The standard InChI is InChI=1S/C11H17BrN2O/c1-8(2)9(6-7-15)13-11-5-3-4-10(12)14-11/h3-5,8-9,15H,6-7H2,1-2H3,(H,13,14). The first-order valence-electron chi connectivity index (χ1n) is 5.13. The summed E-state index contributed by atoms with van der Waals surface area (Å²) < 4.78 is 0.819. The van der Waals surface area contributed by atoms with Crippen molar-refractivity contribution >= 4 is 21.7 Å². The zero-order valence-corrected chi connectivity index (χ0v) is 10.7. The highest BCUT2D eigenvalue weighted by molar-refractivity contribution is 9.10. The third-order valence-corrected chi connectivity index (χ3v) is 2.73. The van der Waals surface area contributed by atoms with Gasteiger partial charge in [0.15, 0.2) is 0 Å². The fraction of sp³-hybridized carbons (Fsp3) is 0.545. The summed E-state index contributed by atoms with van der Waals surface area (Å²) in [7, 11) is 0. The van der Waals surface area contributed by atoms with E-state index in [0.29, 0.717) is 5.92 Å². The molecule has 0 spiro atoms. The van der Waals surface area contributed by atoms with Crippen molar-refractivity contribution in [2.45, 2.75) is 26.3 Å². The minimum Gasteiger partial charge on any atom is -0.396 e. The van der Waals surface area contributed by atoms with Crippen molar-refractivity contribution in [3.63, 3.8) is 0 Å². The first-order valence-corrected chi connectivity index (χ1v) is 5.92. The molecule has 0 saturated carbocycles. The molecule has 4 heteroatoms. The van der Waals surface area contributed by atoms with E-state index in [-0.39, 0.29) is 12.6 Å². The smallest absolute Gasteiger partial charge is 0.127 e. The molecule has 1 heterocycles. The molecule has 1 aromatic heterocycles. The Labute approximate surface area is 99.1 Å². The maximum atomic E-state index is 8.95. The Bertz CT molecular complexity index is 304. The Morgan fingerprint density at radius 1 is 1.47 bits per heavy atom. The topological polar surface area (TPSA) is 45.1 Å². The number of aromatic nitrogens is 1. The highest BCUT2D eigenvalue weighted by atomic mass is 79.9. The van der Waals surface area contributed by atoms with Crippen molar-refractivity contribution in [3.8, 4) is 0 Å². The molecule has 1 aromatic rings. The SMILES string of the molecule is CC(C)C(CCO)Nc1cccc(Br)n1. The molecular formula is C11H17BrN2O. The lowest BCUT2D eigenvalue weighted by Crippen LogP contribution is -2.27. The third-order valence-electron chi connectivity index (χ3n) is 2.29. The molecule has 3 nitrogen and oxygen atoms in total. The summed E-state index contributed by atoms with van der Waals surface area (Å²) in [5.41, 5.74) is 0. The number of anilines is 1. The van der Waals surface area contributed by atoms with Crippen molar-refractivity contribution in [1.82, 2.24) is 4.98 Å². The molecule has 0 bridgehead atoms. The van der Waals surface area contributed by atoms with E-state index < -0.39 is 0 Å². The van der Waals surface area contributed by atoms with Gasteiger partial charge in [-0.15, -0.1) is 0 Å². The Balaban J connectivity index is 2.65. The molecule has 0 radical (unpaired) electrons. The van der Waals surface area contributed by atoms with Gasteiger partial charge < -0.3 is 10.4 Å². The second-order valence-corrected chi connectivity index (χ2v) is 4.67. The average molecular weight is 273 g/mol. The van der Waals surface area contributed by atoms with Crippen molar-refractivity contribution in [3.05, 3.63) is 22.8 Å². The summed E-state index contributed by atoms with van der Waals surface area (Å²) in [6.07, 6.45) is 0.742. The van der Waals surface area contributed by atoms with E-state index in [9.17, 15) is 0 Å². The second kappa shape index (κ2) is 6.08. The predicted molar refractivity (Wildman–Crippen MR) is 65.9 cm³/mol. The van der Waals surface area contributed by atoms with Gasteiger partial charge >= 0.3 is 0 Å². The van der Waals surface area contributed by atoms with E-state index in [2.05, 4.69) is 40.1 Å². The van der Waals surface area contributed by atoms with Crippen LogP contribution in [0.2, 0.25) is 0 Å². The van der Waals surface area contributed by atoms with E-state index in [1.807, 2.05) is 18.2 Å². The number of aliphatic hydroxyl groups is 1. The first-order chi connectivity index (χ1) is 7.13. The summed E-state index contributed by atoms with van der Waals surface area (Å²) in [6.45, 7) is 4.46. The van der Waals surface area contributed by atoms with Crippen LogP contribution < -0.4 is 5.32 Å². The normalized spacial score (nSPS) is 12.9. The molecule has 0 aliphatic carbocycles. The molecular weight excluding hydrogens is 256 g/mol. The van der Waals surface area contributed by atoms with Gasteiger partial charge in [0.1, 0.15) is 10.4 Å². The molecule has 0 aromatic carbocycles. The maximum absolute atomic E-state index is 8.95. The fourth-order valence-electron chi connectivity index (χ4n) is 1.39. The highest BCUT2D eigenvalue weighted by Gasteiger charge is 2.12. The number of hydrogen-bond acceptors (Lipinski definition) is 3. The Kier molecular flexibility index (Phi) is 5.05. The van der Waals surface area contributed by atoms with Crippen molar-refractivity contribution in [1.29, 1.82) is 0 Å². The molecule has 0 aliphatic rings. The minimum absolute atomic E-state index is 0.198. The van der Waals surface area contributed by atoms with Gasteiger partial charge in [-0.1, -0.05) is 19.9 Å². The number of halogens is 1. The summed E-state index contributed by atoms with van der Waals surface area (Å²) in [5.74, 6) is 1.31. The van der Waals surface area contributed by atoms with Gasteiger partial charge in [-0.05, 0) is 40.4 Å². The molecule has 2 N–H and O–H groups in total. The molecule has 1 unspecified atom stereocenters. The summed E-state index contributed by atoms with van der Waals surface area (Å²) in [5, 5.41) is 12.3. The van der Waals surface area contributed by atoms with Crippen LogP contribution in [0.5, 0.6) is 0 Å². The minimum atomic E-state index is 0.198. The number of nitrogens with zero attached hydrogens (tertiary/aromatic N) is 1. The largest absolute Gasteiger partial charge is 0.396 e. The van der Waals surface area contributed by atoms with Gasteiger partial charge in [-0.25, -0.2) is 4.98 Å². The number of aliphatic hydroxyl groups excluding tert-OH is 1. The monoisotopic (exact) mass is 272 g/mol. The van der Waals surface area contributed by atoms with Gasteiger partial charge in [0.2, 0.25) is 0 Å². The molecule has 1 atom stereocenters. The Hall–Kier alpha value is -0.610. The summed E-state index contributed by atoms with van der Waals surface area (Å²) in [4.78, 5) is 4.30. The first kappa shape index (κ1) is 12.5. The molecule has 0 saturated heterocycles. The zero-order valence-electron chi connectivity index (χ0n) is 9.07. The lowest BCUT2D eigenvalue weighted by Gasteiger charge is -2.22. The van der Waals surface area contributed by atoms with E-state index >= 15 is 0 Å². The van der Waals surface area contributed by atoms with Gasteiger partial charge in [-0.2, -0.15) is 0 Å². The second-order valence-electron chi connectivity index (χ2n) is 3.85. The van der Waals surface area contributed by atoms with Gasteiger partial charge in [-0.3, -0.25) is 0 Å². The van der Waals surface area contributed by atoms with Crippen LogP contribution in [0, 0.1) is 5.92 Å². The molecule has 0 amide bonds. The Morgan fingerprint density at radius 2 is 2.20 bits per heavy atom. The van der Waals surface area contributed by atoms with E-state index in [4.69, 9.17) is 5.11 Å². The van der Waals surface area contributed by atoms with Gasteiger partial charge in [0, 0.05) is 12.6 Å². The summed E-state index contributed by atoms with van der Waals surface area (Å²) >= 11 is 3.33. The van der Waals surface area contributed by atoms with E-state index in [0.717, 1.165) is 16.8 Å². The van der Waals surface area contributed by atoms with E-state index in [1.54, 1.807) is 0 Å². The predicted octanol–water partition coefficient (Wildman–Crippen LogP) is 2.66. The lowest BCUT2D eigenvalue weighted by molar-refractivity contribution is 0.267. The van der Waals surface area contributed by atoms with Crippen LogP contribution in [0.3, 0.4) is 0 Å². The zero-order chi connectivity index (χ0) is 11.3. The number of rotatable bonds is 5. The average Bonchev–Trinajstić information content (AvgIpc) is 2.17. The molecule has 15 heavy (non-hydrogen) atoms. The van der Waals surface area contributed by atoms with Crippen LogP contribution in [0.1, 0.15) is 20.3 Å². The number of hydrogen-bond donors (Lipinski definition) is 2. The Morgan fingerprint density at radius 3 is 2.73 bits per heavy atom. The summed E-state index contributed by atoms with van der Waals surface area (Å²) in [6, 6.07) is 6.02. The molecule has 1 rings (SSSR count). The molecule has 0 aliphatic heterocycles. The third kappa shape index (κ3) is 4.18. The van der Waals surface area contributed by atoms with Crippen LogP contribution in [-0.2, 0) is 0 Å². The number of nitrogens with one attached hydrogen (secondary N) is 1.